The van der Waals surface area contributed by atoms with E-state index < -0.39 is 5.97 Å². The molecule has 1 unspecified atom stereocenters. The predicted octanol–water partition coefficient (Wildman–Crippen LogP) is 2.21. The Morgan fingerprint density at radius 2 is 2.15 bits per heavy atom. The summed E-state index contributed by atoms with van der Waals surface area (Å²) in [6.07, 6.45) is 1.09. The Morgan fingerprint density at radius 1 is 1.35 bits per heavy atom. The van der Waals surface area contributed by atoms with Crippen LogP contribution in [0.15, 0.2) is 18.2 Å². The van der Waals surface area contributed by atoms with E-state index in [-0.39, 0.29) is 5.92 Å². The van der Waals surface area contributed by atoms with Crippen molar-refractivity contribution in [1.29, 1.82) is 0 Å². The number of hydrogen-bond acceptors (Lipinski definition) is 3. The number of carboxylic acid groups (broad SMARTS) is 1. The molecule has 2 aromatic rings. The van der Waals surface area contributed by atoms with Gasteiger partial charge in [-0.1, -0.05) is 12.1 Å². The number of rotatable bonds is 2. The zero-order valence-corrected chi connectivity index (χ0v) is 11.6. The lowest BCUT2D eigenvalue weighted by Gasteiger charge is -2.17. The van der Waals surface area contributed by atoms with Gasteiger partial charge < -0.3 is 5.11 Å². The molecule has 0 radical (unpaired) electrons. The summed E-state index contributed by atoms with van der Waals surface area (Å²) >= 11 is 0. The maximum absolute atomic E-state index is 11.1. The Balaban J connectivity index is 1.94. The van der Waals surface area contributed by atoms with E-state index >= 15 is 0 Å². The molecular weight excluding hydrogens is 254 g/mol. The van der Waals surface area contributed by atoms with Crippen molar-refractivity contribution >= 4 is 5.97 Å². The predicted molar refractivity (Wildman–Crippen MR) is 74.4 cm³/mol. The van der Waals surface area contributed by atoms with Gasteiger partial charge in [0.15, 0.2) is 5.82 Å². The smallest absolute Gasteiger partial charge is 0.307 e. The van der Waals surface area contributed by atoms with Crippen LogP contribution in [0.5, 0.6) is 0 Å². The molecule has 0 spiro atoms. The molecule has 1 atom stereocenters. The van der Waals surface area contributed by atoms with Crippen molar-refractivity contribution in [3.8, 4) is 11.4 Å². The van der Waals surface area contributed by atoms with Crippen LogP contribution in [0.2, 0.25) is 0 Å². The number of carboxylic acids is 1. The number of aryl methyl sites for hydroxylation is 3. The minimum Gasteiger partial charge on any atom is -0.481 e. The minimum atomic E-state index is -0.744. The molecule has 1 aromatic carbocycles. The van der Waals surface area contributed by atoms with Crippen molar-refractivity contribution < 1.29 is 9.90 Å². The van der Waals surface area contributed by atoms with E-state index in [2.05, 4.69) is 36.1 Å². The molecule has 3 rings (SSSR count). The number of nitrogens with zero attached hydrogens (tertiary/aromatic N) is 3. The molecule has 2 heterocycles. The highest BCUT2D eigenvalue weighted by Crippen LogP contribution is 2.24. The van der Waals surface area contributed by atoms with Gasteiger partial charge in [0.1, 0.15) is 5.82 Å². The van der Waals surface area contributed by atoms with Crippen molar-refractivity contribution in [1.82, 2.24) is 14.8 Å². The second kappa shape index (κ2) is 4.74. The molecule has 1 aromatic heterocycles. The summed E-state index contributed by atoms with van der Waals surface area (Å²) in [5.74, 6) is 0.386. The summed E-state index contributed by atoms with van der Waals surface area (Å²) in [6.45, 7) is 4.77. The molecule has 0 amide bonds. The van der Waals surface area contributed by atoms with Crippen LogP contribution in [-0.4, -0.2) is 25.8 Å². The van der Waals surface area contributed by atoms with Gasteiger partial charge in [0.2, 0.25) is 0 Å². The third-order valence-electron chi connectivity index (χ3n) is 3.98. The fourth-order valence-corrected chi connectivity index (χ4v) is 2.52. The number of aromatic nitrogens is 3. The second-order valence-corrected chi connectivity index (χ2v) is 5.40. The Kier molecular flexibility index (Phi) is 3.04. The van der Waals surface area contributed by atoms with Crippen LogP contribution >= 0.6 is 0 Å². The van der Waals surface area contributed by atoms with Gasteiger partial charge in [-0.2, -0.15) is 5.10 Å². The third-order valence-corrected chi connectivity index (χ3v) is 3.98. The van der Waals surface area contributed by atoms with E-state index in [1.807, 2.05) is 10.7 Å². The van der Waals surface area contributed by atoms with Crippen molar-refractivity contribution in [2.24, 2.45) is 5.92 Å². The van der Waals surface area contributed by atoms with E-state index in [4.69, 9.17) is 5.11 Å². The van der Waals surface area contributed by atoms with Gasteiger partial charge in [-0.3, -0.25) is 4.79 Å². The number of fused-ring (bicyclic) bond motifs is 1. The molecule has 5 nitrogen and oxygen atoms in total. The lowest BCUT2D eigenvalue weighted by Crippen LogP contribution is -2.26. The van der Waals surface area contributed by atoms with Crippen molar-refractivity contribution in [3.63, 3.8) is 0 Å². The summed E-state index contributed by atoms with van der Waals surface area (Å²) in [5.41, 5.74) is 3.43. The normalized spacial score (nSPS) is 17.8. The first-order valence-electron chi connectivity index (χ1n) is 6.79. The first-order chi connectivity index (χ1) is 9.54. The maximum atomic E-state index is 11.1. The Labute approximate surface area is 117 Å². The van der Waals surface area contributed by atoms with E-state index in [1.54, 1.807) is 0 Å². The van der Waals surface area contributed by atoms with Crippen LogP contribution in [0.4, 0.5) is 0 Å². The molecule has 0 aliphatic carbocycles. The summed E-state index contributed by atoms with van der Waals surface area (Å²) in [5, 5.41) is 13.6. The first kappa shape index (κ1) is 12.8. The largest absolute Gasteiger partial charge is 0.481 e. The molecule has 1 aliphatic rings. The molecule has 0 saturated heterocycles. The van der Waals surface area contributed by atoms with E-state index in [1.165, 1.54) is 11.1 Å². The van der Waals surface area contributed by atoms with Gasteiger partial charge in [-0.05, 0) is 37.5 Å². The SMILES string of the molecule is Cc1ccc(-c2nc3n(n2)CCC(C(=O)O)C3)cc1C. The lowest BCUT2D eigenvalue weighted by atomic mass is 9.98. The van der Waals surface area contributed by atoms with Gasteiger partial charge >= 0.3 is 5.97 Å². The summed E-state index contributed by atoms with van der Waals surface area (Å²) in [4.78, 5) is 15.6. The molecule has 1 aliphatic heterocycles. The highest BCUT2D eigenvalue weighted by molar-refractivity contribution is 5.70. The molecule has 20 heavy (non-hydrogen) atoms. The van der Waals surface area contributed by atoms with Crippen molar-refractivity contribution in [2.75, 3.05) is 0 Å². The average Bonchev–Trinajstić information content (AvgIpc) is 2.84. The fraction of sp³-hybridized carbons (Fsp3) is 0.400. The topological polar surface area (TPSA) is 68.0 Å². The molecule has 5 heteroatoms. The molecule has 0 bridgehead atoms. The first-order valence-corrected chi connectivity index (χ1v) is 6.79. The molecular formula is C15H17N3O2. The standard InChI is InChI=1S/C15H17N3O2/c1-9-3-4-11(7-10(9)2)14-16-13-8-12(15(19)20)5-6-18(13)17-14/h3-4,7,12H,5-6,8H2,1-2H3,(H,19,20). The zero-order chi connectivity index (χ0) is 14.3. The number of benzene rings is 1. The number of carbonyl (C=O) groups is 1. The van der Waals surface area contributed by atoms with Gasteiger partial charge in [-0.15, -0.1) is 0 Å². The zero-order valence-electron chi connectivity index (χ0n) is 11.6. The second-order valence-electron chi connectivity index (χ2n) is 5.40. The highest BCUT2D eigenvalue weighted by Gasteiger charge is 2.26. The van der Waals surface area contributed by atoms with Gasteiger partial charge in [0.05, 0.1) is 5.92 Å². The van der Waals surface area contributed by atoms with E-state index in [0.717, 1.165) is 11.4 Å². The highest BCUT2D eigenvalue weighted by atomic mass is 16.4. The summed E-state index contributed by atoms with van der Waals surface area (Å²) in [6, 6.07) is 6.15. The van der Waals surface area contributed by atoms with Gasteiger partial charge in [-0.25, -0.2) is 9.67 Å². The number of hydrogen-bond donors (Lipinski definition) is 1. The van der Waals surface area contributed by atoms with Gasteiger partial charge in [0, 0.05) is 18.5 Å². The summed E-state index contributed by atoms with van der Waals surface area (Å²) in [7, 11) is 0. The Hall–Kier alpha value is -2.17. The summed E-state index contributed by atoms with van der Waals surface area (Å²) < 4.78 is 1.84. The van der Waals surface area contributed by atoms with Crippen LogP contribution in [-0.2, 0) is 17.8 Å². The van der Waals surface area contributed by atoms with Crippen LogP contribution < -0.4 is 0 Å². The number of aliphatic carboxylic acids is 1. The third kappa shape index (κ3) is 2.19. The van der Waals surface area contributed by atoms with Crippen molar-refractivity contribution in [3.05, 3.63) is 35.2 Å². The minimum absolute atomic E-state index is 0.334. The van der Waals surface area contributed by atoms with Crippen molar-refractivity contribution in [2.45, 2.75) is 33.2 Å². The van der Waals surface area contributed by atoms with E-state index in [9.17, 15) is 4.79 Å². The van der Waals surface area contributed by atoms with Crippen LogP contribution in [0, 0.1) is 19.8 Å². The lowest BCUT2D eigenvalue weighted by molar-refractivity contribution is -0.142. The fourth-order valence-electron chi connectivity index (χ4n) is 2.52. The monoisotopic (exact) mass is 271 g/mol. The van der Waals surface area contributed by atoms with Gasteiger partial charge in [0.25, 0.3) is 0 Å². The maximum Gasteiger partial charge on any atom is 0.307 e. The van der Waals surface area contributed by atoms with Crippen LogP contribution in [0.25, 0.3) is 11.4 Å². The quantitative estimate of drug-likeness (QED) is 0.909. The van der Waals surface area contributed by atoms with E-state index in [0.29, 0.717) is 25.2 Å². The Bertz CT molecular complexity index is 676. The van der Waals surface area contributed by atoms with Crippen LogP contribution in [0.3, 0.4) is 0 Å². The Morgan fingerprint density at radius 3 is 2.85 bits per heavy atom. The molecule has 0 saturated carbocycles. The molecule has 104 valence electrons. The molecule has 1 N–H and O–H groups in total. The average molecular weight is 271 g/mol. The van der Waals surface area contributed by atoms with Crippen LogP contribution in [0.1, 0.15) is 23.4 Å². The molecule has 0 fully saturated rings.